The Bertz CT molecular complexity index is 643. The Hall–Kier alpha value is -2.70. The van der Waals surface area contributed by atoms with Gasteiger partial charge in [-0.3, -0.25) is 15.1 Å². The van der Waals surface area contributed by atoms with Gasteiger partial charge in [-0.1, -0.05) is 6.07 Å². The second-order valence-corrected chi connectivity index (χ2v) is 4.07. The lowest BCUT2D eigenvalue weighted by molar-refractivity contribution is -0.385. The van der Waals surface area contributed by atoms with Gasteiger partial charge in [0.1, 0.15) is 5.82 Å². The molecule has 2 N–H and O–H groups in total. The van der Waals surface area contributed by atoms with E-state index in [1.807, 2.05) is 0 Å². The van der Waals surface area contributed by atoms with Gasteiger partial charge < -0.3 is 10.5 Å². The van der Waals surface area contributed by atoms with E-state index in [2.05, 4.69) is 9.97 Å². The number of rotatable bonds is 3. The van der Waals surface area contributed by atoms with Crippen molar-refractivity contribution >= 4 is 11.5 Å². The molecule has 0 atom stereocenters. The van der Waals surface area contributed by atoms with Crippen molar-refractivity contribution in [3.63, 3.8) is 0 Å². The highest BCUT2D eigenvalue weighted by Crippen LogP contribution is 2.34. The fourth-order valence-electron chi connectivity index (χ4n) is 1.72. The van der Waals surface area contributed by atoms with Gasteiger partial charge in [-0.2, -0.15) is 4.98 Å². The molecule has 0 aliphatic carbocycles. The third-order valence-corrected chi connectivity index (χ3v) is 2.43. The minimum atomic E-state index is -0.491. The molecular formula is C12H12N4O3. The highest BCUT2D eigenvalue weighted by atomic mass is 16.6. The minimum Gasteiger partial charge on any atom is -0.430 e. The van der Waals surface area contributed by atoms with Gasteiger partial charge in [-0.25, -0.2) is 0 Å². The van der Waals surface area contributed by atoms with E-state index in [0.717, 1.165) is 5.56 Å². The zero-order valence-corrected chi connectivity index (χ0v) is 10.5. The first-order chi connectivity index (χ1) is 8.97. The summed E-state index contributed by atoms with van der Waals surface area (Å²) < 4.78 is 5.44. The number of nitro benzene ring substituents is 1. The van der Waals surface area contributed by atoms with Crippen LogP contribution in [0.2, 0.25) is 0 Å². The molecule has 0 aliphatic heterocycles. The van der Waals surface area contributed by atoms with Crippen molar-refractivity contribution in [1.82, 2.24) is 9.97 Å². The van der Waals surface area contributed by atoms with Gasteiger partial charge in [0.15, 0.2) is 0 Å². The van der Waals surface area contributed by atoms with Crippen LogP contribution in [0.25, 0.3) is 0 Å². The Morgan fingerprint density at radius 3 is 2.68 bits per heavy atom. The van der Waals surface area contributed by atoms with Crippen molar-refractivity contribution < 1.29 is 9.66 Å². The molecule has 0 radical (unpaired) electrons. The fraction of sp³-hybridized carbons (Fsp3) is 0.167. The van der Waals surface area contributed by atoms with Crippen LogP contribution in [0.15, 0.2) is 24.5 Å². The van der Waals surface area contributed by atoms with E-state index in [1.165, 1.54) is 18.5 Å². The second kappa shape index (κ2) is 4.89. The van der Waals surface area contributed by atoms with Crippen LogP contribution in [-0.4, -0.2) is 14.9 Å². The maximum Gasteiger partial charge on any atom is 0.312 e. The lowest BCUT2D eigenvalue weighted by Crippen LogP contribution is -1.99. The van der Waals surface area contributed by atoms with Crippen molar-refractivity contribution in [2.45, 2.75) is 13.8 Å². The standard InChI is InChI=1S/C12H12N4O3/c1-7-3-8(2)12(9(4-7)16(17)18)19-11-6-14-5-10(13)15-11/h3-6H,1-2H3,(H2,13,15). The highest BCUT2D eigenvalue weighted by Gasteiger charge is 2.19. The first kappa shape index (κ1) is 12.7. The number of nitro groups is 1. The molecule has 0 saturated heterocycles. The van der Waals surface area contributed by atoms with Crippen LogP contribution in [0.4, 0.5) is 11.5 Å². The maximum atomic E-state index is 11.0. The second-order valence-electron chi connectivity index (χ2n) is 4.07. The van der Waals surface area contributed by atoms with E-state index in [9.17, 15) is 10.1 Å². The predicted molar refractivity (Wildman–Crippen MR) is 69.1 cm³/mol. The van der Waals surface area contributed by atoms with E-state index in [0.29, 0.717) is 5.56 Å². The van der Waals surface area contributed by atoms with Crippen molar-refractivity contribution in [2.24, 2.45) is 0 Å². The number of aryl methyl sites for hydroxylation is 2. The lowest BCUT2D eigenvalue weighted by atomic mass is 10.1. The summed E-state index contributed by atoms with van der Waals surface area (Å²) in [6, 6.07) is 3.24. The highest BCUT2D eigenvalue weighted by molar-refractivity contribution is 5.54. The van der Waals surface area contributed by atoms with Crippen molar-refractivity contribution in [3.05, 3.63) is 45.8 Å². The Morgan fingerprint density at radius 1 is 1.32 bits per heavy atom. The van der Waals surface area contributed by atoms with E-state index in [1.54, 1.807) is 19.9 Å². The summed E-state index contributed by atoms with van der Waals surface area (Å²) in [7, 11) is 0. The predicted octanol–water partition coefficient (Wildman–Crippen LogP) is 2.38. The molecule has 7 nitrogen and oxygen atoms in total. The van der Waals surface area contributed by atoms with Gasteiger partial charge in [-0.15, -0.1) is 0 Å². The molecule has 0 spiro atoms. The van der Waals surface area contributed by atoms with E-state index in [-0.39, 0.29) is 23.1 Å². The van der Waals surface area contributed by atoms with Crippen LogP contribution in [0, 0.1) is 24.0 Å². The summed E-state index contributed by atoms with van der Waals surface area (Å²) in [6.07, 6.45) is 2.71. The summed E-state index contributed by atoms with van der Waals surface area (Å²) in [5.74, 6) is 0.454. The summed E-state index contributed by atoms with van der Waals surface area (Å²) >= 11 is 0. The van der Waals surface area contributed by atoms with E-state index < -0.39 is 4.92 Å². The number of nitrogens with two attached hydrogens (primary N) is 1. The minimum absolute atomic E-state index is 0.110. The Morgan fingerprint density at radius 2 is 2.05 bits per heavy atom. The van der Waals surface area contributed by atoms with Crippen LogP contribution in [0.1, 0.15) is 11.1 Å². The van der Waals surface area contributed by atoms with E-state index in [4.69, 9.17) is 10.5 Å². The number of aromatic nitrogens is 2. The molecule has 7 heteroatoms. The van der Waals surface area contributed by atoms with Gasteiger partial charge in [0.05, 0.1) is 17.3 Å². The number of benzene rings is 1. The first-order valence-corrected chi connectivity index (χ1v) is 5.48. The SMILES string of the molecule is Cc1cc(C)c(Oc2cncc(N)n2)c([N+](=O)[O-])c1. The van der Waals surface area contributed by atoms with Crippen molar-refractivity contribution in [1.29, 1.82) is 0 Å². The Balaban J connectivity index is 2.47. The zero-order chi connectivity index (χ0) is 14.0. The van der Waals surface area contributed by atoms with Crippen molar-refractivity contribution in [2.75, 3.05) is 5.73 Å². The molecule has 2 aromatic rings. The number of nitrogens with zero attached hydrogens (tertiary/aromatic N) is 3. The summed E-state index contributed by atoms with van der Waals surface area (Å²) in [5, 5.41) is 11.0. The summed E-state index contributed by atoms with van der Waals surface area (Å²) in [4.78, 5) is 18.3. The number of nitrogen functional groups attached to an aromatic ring is 1. The smallest absolute Gasteiger partial charge is 0.312 e. The van der Waals surface area contributed by atoms with E-state index >= 15 is 0 Å². The van der Waals surface area contributed by atoms with Gasteiger partial charge >= 0.3 is 5.69 Å². The molecule has 0 bridgehead atoms. The first-order valence-electron chi connectivity index (χ1n) is 5.48. The zero-order valence-electron chi connectivity index (χ0n) is 10.5. The molecule has 1 heterocycles. The van der Waals surface area contributed by atoms with Crippen LogP contribution >= 0.6 is 0 Å². The number of hydrogen-bond acceptors (Lipinski definition) is 6. The van der Waals surface area contributed by atoms with Gasteiger partial charge in [-0.05, 0) is 25.0 Å². The summed E-state index contributed by atoms with van der Waals surface area (Å²) in [6.45, 7) is 3.51. The average molecular weight is 260 g/mol. The third kappa shape index (κ3) is 2.76. The van der Waals surface area contributed by atoms with Gasteiger partial charge in [0.25, 0.3) is 0 Å². The summed E-state index contributed by atoms with van der Waals surface area (Å²) in [5.41, 5.74) is 6.81. The fourth-order valence-corrected chi connectivity index (χ4v) is 1.72. The quantitative estimate of drug-likeness (QED) is 0.671. The van der Waals surface area contributed by atoms with Gasteiger partial charge in [0.2, 0.25) is 11.6 Å². The van der Waals surface area contributed by atoms with Crippen LogP contribution in [0.3, 0.4) is 0 Å². The normalized spacial score (nSPS) is 10.2. The lowest BCUT2D eigenvalue weighted by Gasteiger charge is -2.09. The Labute approximate surface area is 109 Å². The van der Waals surface area contributed by atoms with Crippen LogP contribution < -0.4 is 10.5 Å². The van der Waals surface area contributed by atoms with Crippen molar-refractivity contribution in [3.8, 4) is 11.6 Å². The third-order valence-electron chi connectivity index (χ3n) is 2.43. The molecule has 0 aliphatic rings. The number of ether oxygens (including phenoxy) is 1. The molecular weight excluding hydrogens is 248 g/mol. The van der Waals surface area contributed by atoms with Crippen LogP contribution in [0.5, 0.6) is 11.6 Å². The van der Waals surface area contributed by atoms with Gasteiger partial charge in [0, 0.05) is 6.07 Å². The number of hydrogen-bond donors (Lipinski definition) is 1. The molecule has 1 aromatic heterocycles. The molecule has 0 fully saturated rings. The van der Waals surface area contributed by atoms with Crippen LogP contribution in [-0.2, 0) is 0 Å². The molecule has 0 amide bonds. The monoisotopic (exact) mass is 260 g/mol. The molecule has 19 heavy (non-hydrogen) atoms. The molecule has 2 rings (SSSR count). The largest absolute Gasteiger partial charge is 0.430 e. The molecule has 1 aromatic carbocycles. The molecule has 0 saturated carbocycles. The molecule has 0 unspecified atom stereocenters. The average Bonchev–Trinajstić information content (AvgIpc) is 2.32. The maximum absolute atomic E-state index is 11.0. The number of anilines is 1. The topological polar surface area (TPSA) is 104 Å². The Kier molecular flexibility index (Phi) is 3.28. The molecule has 98 valence electrons.